The Hall–Kier alpha value is -2.22. The summed E-state index contributed by atoms with van der Waals surface area (Å²) in [5.74, 6) is -0.648. The van der Waals surface area contributed by atoms with Crippen LogP contribution in [0.2, 0.25) is 5.02 Å². The van der Waals surface area contributed by atoms with Crippen molar-refractivity contribution in [2.24, 2.45) is 5.92 Å². The number of esters is 1. The summed E-state index contributed by atoms with van der Waals surface area (Å²) in [6.45, 7) is 1.73. The average molecular weight is 450 g/mol. The Kier molecular flexibility index (Phi) is 7.28. The Bertz CT molecular complexity index is 1020. The molecule has 0 saturated carbocycles. The third-order valence-electron chi connectivity index (χ3n) is 5.13. The zero-order valence-electron chi connectivity index (χ0n) is 16.7. The maximum Gasteiger partial charge on any atom is 0.338 e. The van der Waals surface area contributed by atoms with Crippen molar-refractivity contribution in [3.05, 3.63) is 64.7 Å². The lowest BCUT2D eigenvalue weighted by Crippen LogP contribution is -2.39. The maximum atomic E-state index is 13.1. The first-order valence-corrected chi connectivity index (χ1v) is 11.6. The fourth-order valence-corrected chi connectivity index (χ4v) is 5.49. The Morgan fingerprint density at radius 3 is 2.40 bits per heavy atom. The lowest BCUT2D eigenvalue weighted by molar-refractivity contribution is -0.120. The molecule has 0 bridgehead atoms. The smallest absolute Gasteiger partial charge is 0.338 e. The highest BCUT2D eigenvalue weighted by Crippen LogP contribution is 2.30. The van der Waals surface area contributed by atoms with Gasteiger partial charge < -0.3 is 4.74 Å². The largest absolute Gasteiger partial charge is 0.454 e. The van der Waals surface area contributed by atoms with Crippen molar-refractivity contribution < 1.29 is 22.7 Å². The van der Waals surface area contributed by atoms with Crippen LogP contribution >= 0.6 is 11.6 Å². The van der Waals surface area contributed by atoms with Crippen molar-refractivity contribution in [3.63, 3.8) is 0 Å². The van der Waals surface area contributed by atoms with Gasteiger partial charge in [-0.05, 0) is 55.9 Å². The van der Waals surface area contributed by atoms with Crippen LogP contribution < -0.4 is 0 Å². The van der Waals surface area contributed by atoms with Crippen molar-refractivity contribution in [1.82, 2.24) is 4.31 Å². The Morgan fingerprint density at radius 1 is 1.10 bits per heavy atom. The molecule has 2 aromatic carbocycles. The van der Waals surface area contributed by atoms with Crippen LogP contribution in [0.25, 0.3) is 0 Å². The first kappa shape index (κ1) is 22.5. The topological polar surface area (TPSA) is 80.8 Å². The van der Waals surface area contributed by atoms with Crippen molar-refractivity contribution in [3.8, 4) is 0 Å². The van der Waals surface area contributed by atoms with E-state index in [1.165, 1.54) is 35.0 Å². The number of carbonyl (C=O) groups is 2. The minimum atomic E-state index is -3.85. The summed E-state index contributed by atoms with van der Waals surface area (Å²) in [6, 6.07) is 14.1. The van der Waals surface area contributed by atoms with Gasteiger partial charge in [0.1, 0.15) is 11.5 Å². The predicted octanol–water partition coefficient (Wildman–Crippen LogP) is 3.73. The number of rotatable bonds is 7. The summed E-state index contributed by atoms with van der Waals surface area (Å²) in [7, 11) is -3.85. The van der Waals surface area contributed by atoms with E-state index in [-0.39, 0.29) is 27.9 Å². The van der Waals surface area contributed by atoms with Crippen LogP contribution in [0.5, 0.6) is 0 Å². The van der Waals surface area contributed by atoms with Gasteiger partial charge in [-0.25, -0.2) is 13.2 Å². The Labute approximate surface area is 181 Å². The van der Waals surface area contributed by atoms with Crippen LogP contribution in [0.4, 0.5) is 0 Å². The first-order valence-electron chi connectivity index (χ1n) is 9.77. The van der Waals surface area contributed by atoms with Crippen LogP contribution in [0.3, 0.4) is 0 Å². The SMILES string of the molecule is CC(=O)COC(=O)c1ccc(Cl)c(S(=O)(=O)N2CCC(Cc3ccccc3)CC2)c1. The number of hydrogen-bond donors (Lipinski definition) is 0. The van der Waals surface area contributed by atoms with Crippen molar-refractivity contribution >= 4 is 33.4 Å². The van der Waals surface area contributed by atoms with E-state index in [0.717, 1.165) is 19.3 Å². The van der Waals surface area contributed by atoms with Crippen LogP contribution in [-0.4, -0.2) is 44.2 Å². The highest BCUT2D eigenvalue weighted by atomic mass is 35.5. The zero-order valence-corrected chi connectivity index (χ0v) is 18.3. The average Bonchev–Trinajstić information content (AvgIpc) is 2.73. The summed E-state index contributed by atoms with van der Waals surface area (Å²) >= 11 is 6.16. The number of sulfonamides is 1. The van der Waals surface area contributed by atoms with Crippen LogP contribution in [0, 0.1) is 5.92 Å². The van der Waals surface area contributed by atoms with Crippen LogP contribution in [0.15, 0.2) is 53.4 Å². The summed E-state index contributed by atoms with van der Waals surface area (Å²) in [5.41, 5.74) is 1.29. The lowest BCUT2D eigenvalue weighted by atomic mass is 9.91. The van der Waals surface area contributed by atoms with E-state index in [2.05, 4.69) is 12.1 Å². The Morgan fingerprint density at radius 2 is 1.77 bits per heavy atom. The second-order valence-corrected chi connectivity index (χ2v) is 9.77. The van der Waals surface area contributed by atoms with Crippen LogP contribution in [0.1, 0.15) is 35.7 Å². The van der Waals surface area contributed by atoms with Gasteiger partial charge in [0.2, 0.25) is 10.0 Å². The second-order valence-electron chi connectivity index (χ2n) is 7.46. The number of Topliss-reactive ketones (excluding diaryl/α,β-unsaturated/α-hetero) is 1. The van der Waals surface area contributed by atoms with E-state index in [1.807, 2.05) is 18.2 Å². The molecule has 0 N–H and O–H groups in total. The molecule has 1 heterocycles. The van der Waals surface area contributed by atoms with Gasteiger partial charge in [-0.1, -0.05) is 41.9 Å². The molecule has 0 aromatic heterocycles. The predicted molar refractivity (Wildman–Crippen MR) is 114 cm³/mol. The van der Waals surface area contributed by atoms with Gasteiger partial charge in [0.25, 0.3) is 0 Å². The molecule has 2 aromatic rings. The van der Waals surface area contributed by atoms with E-state index < -0.39 is 16.0 Å². The van der Waals surface area contributed by atoms with Crippen molar-refractivity contribution in [2.75, 3.05) is 19.7 Å². The number of piperidine rings is 1. The molecule has 1 saturated heterocycles. The van der Waals surface area contributed by atoms with Gasteiger partial charge in [0, 0.05) is 13.1 Å². The third kappa shape index (κ3) is 5.47. The fourth-order valence-electron chi connectivity index (χ4n) is 3.52. The molecule has 0 amide bonds. The molecule has 0 spiro atoms. The molecule has 8 heteroatoms. The molecule has 0 atom stereocenters. The van der Waals surface area contributed by atoms with Crippen LogP contribution in [-0.2, 0) is 26.0 Å². The Balaban J connectivity index is 1.70. The molecule has 160 valence electrons. The molecule has 1 aliphatic heterocycles. The lowest BCUT2D eigenvalue weighted by Gasteiger charge is -2.31. The van der Waals surface area contributed by atoms with E-state index in [9.17, 15) is 18.0 Å². The second kappa shape index (κ2) is 9.73. The standard InChI is InChI=1S/C22H24ClNO5S/c1-16(25)15-29-22(26)19-7-8-20(23)21(14-19)30(27,28)24-11-9-18(10-12-24)13-17-5-3-2-4-6-17/h2-8,14,18H,9-13,15H2,1H3. The maximum absolute atomic E-state index is 13.1. The molecular weight excluding hydrogens is 426 g/mol. The highest BCUT2D eigenvalue weighted by molar-refractivity contribution is 7.89. The van der Waals surface area contributed by atoms with Crippen molar-refractivity contribution in [1.29, 1.82) is 0 Å². The summed E-state index contributed by atoms with van der Waals surface area (Å²) in [4.78, 5) is 23.0. The zero-order chi connectivity index (χ0) is 21.7. The fraction of sp³-hybridized carbons (Fsp3) is 0.364. The number of benzene rings is 2. The number of carbonyl (C=O) groups excluding carboxylic acids is 2. The number of ketones is 1. The molecule has 1 aliphatic rings. The van der Waals surface area contributed by atoms with Gasteiger partial charge >= 0.3 is 5.97 Å². The molecule has 3 rings (SSSR count). The monoisotopic (exact) mass is 449 g/mol. The normalized spacial score (nSPS) is 15.7. The van der Waals surface area contributed by atoms with E-state index in [4.69, 9.17) is 16.3 Å². The summed E-state index contributed by atoms with van der Waals surface area (Å²) in [6.07, 6.45) is 2.44. The van der Waals surface area contributed by atoms with Gasteiger partial charge in [-0.2, -0.15) is 4.31 Å². The molecule has 30 heavy (non-hydrogen) atoms. The summed E-state index contributed by atoms with van der Waals surface area (Å²) < 4.78 is 32.6. The minimum absolute atomic E-state index is 0.0400. The number of ether oxygens (including phenoxy) is 1. The van der Waals surface area contributed by atoms with Gasteiger partial charge in [-0.15, -0.1) is 0 Å². The van der Waals surface area contributed by atoms with E-state index >= 15 is 0 Å². The number of halogens is 1. The van der Waals surface area contributed by atoms with E-state index in [0.29, 0.717) is 19.0 Å². The molecule has 1 fully saturated rings. The quantitative estimate of drug-likeness (QED) is 0.601. The minimum Gasteiger partial charge on any atom is -0.454 e. The van der Waals surface area contributed by atoms with Gasteiger partial charge in [0.15, 0.2) is 5.78 Å². The number of nitrogens with zero attached hydrogens (tertiary/aromatic N) is 1. The van der Waals surface area contributed by atoms with Gasteiger partial charge in [0.05, 0.1) is 10.6 Å². The molecule has 0 unspecified atom stereocenters. The van der Waals surface area contributed by atoms with E-state index in [1.54, 1.807) is 0 Å². The first-order chi connectivity index (χ1) is 14.3. The number of hydrogen-bond acceptors (Lipinski definition) is 5. The molecule has 0 radical (unpaired) electrons. The van der Waals surface area contributed by atoms with Crippen molar-refractivity contribution in [2.45, 2.75) is 31.1 Å². The highest BCUT2D eigenvalue weighted by Gasteiger charge is 2.31. The molecular formula is C22H24ClNO5S. The molecule has 0 aliphatic carbocycles. The summed E-state index contributed by atoms with van der Waals surface area (Å²) in [5, 5.41) is 0.0459. The third-order valence-corrected chi connectivity index (χ3v) is 7.51. The molecule has 6 nitrogen and oxygen atoms in total. The van der Waals surface area contributed by atoms with Gasteiger partial charge in [-0.3, -0.25) is 4.79 Å².